The Morgan fingerprint density at radius 3 is 2.71 bits per heavy atom. The number of rotatable bonds is 6. The summed E-state index contributed by atoms with van der Waals surface area (Å²) < 4.78 is 43.7. The lowest BCUT2D eigenvalue weighted by Crippen LogP contribution is -2.37. The third-order valence-corrected chi connectivity index (χ3v) is 4.92. The van der Waals surface area contributed by atoms with Crippen LogP contribution in [0.4, 0.5) is 19.0 Å². The lowest BCUT2D eigenvalue weighted by molar-refractivity contribution is -0.137. The van der Waals surface area contributed by atoms with Crippen molar-refractivity contribution in [2.24, 2.45) is 5.92 Å². The number of Topliss-reactive ketones (excluding diaryl/α,β-unsaturated/α-hetero) is 1. The number of anilines is 1. The summed E-state index contributed by atoms with van der Waals surface area (Å²) in [5, 5.41) is 0. The second kappa shape index (κ2) is 8.63. The molecule has 1 aromatic heterocycles. The number of aryl methyl sites for hydroxylation is 1. The Labute approximate surface area is 162 Å². The van der Waals surface area contributed by atoms with Crippen LogP contribution in [0.5, 0.6) is 5.75 Å². The van der Waals surface area contributed by atoms with Gasteiger partial charge in [-0.15, -0.1) is 0 Å². The quantitative estimate of drug-likeness (QED) is 0.717. The molecule has 0 saturated carbocycles. The Morgan fingerprint density at radius 2 is 2.04 bits per heavy atom. The number of hydrogen-bond donors (Lipinski definition) is 0. The van der Waals surface area contributed by atoms with Gasteiger partial charge in [0.15, 0.2) is 5.78 Å². The van der Waals surface area contributed by atoms with E-state index in [4.69, 9.17) is 4.74 Å². The number of ether oxygens (including phenoxy) is 1. The molecule has 28 heavy (non-hydrogen) atoms. The summed E-state index contributed by atoms with van der Waals surface area (Å²) in [5.41, 5.74) is 0.223. The lowest BCUT2D eigenvalue weighted by Gasteiger charge is -2.33. The maximum Gasteiger partial charge on any atom is 0.417 e. The number of benzene rings is 1. The number of para-hydroxylation sites is 1. The number of aromatic nitrogens is 1. The predicted octanol–water partition coefficient (Wildman–Crippen LogP) is 4.66. The van der Waals surface area contributed by atoms with Crippen molar-refractivity contribution < 1.29 is 22.7 Å². The van der Waals surface area contributed by atoms with Crippen molar-refractivity contribution in [3.63, 3.8) is 0 Å². The van der Waals surface area contributed by atoms with Gasteiger partial charge in [-0.1, -0.05) is 18.2 Å². The van der Waals surface area contributed by atoms with Gasteiger partial charge in [-0.05, 0) is 49.4 Å². The van der Waals surface area contributed by atoms with Gasteiger partial charge in [0.25, 0.3) is 0 Å². The summed E-state index contributed by atoms with van der Waals surface area (Å²) in [4.78, 5) is 18.2. The van der Waals surface area contributed by atoms with Crippen LogP contribution in [0, 0.1) is 12.8 Å². The maximum absolute atomic E-state index is 12.7. The first-order chi connectivity index (χ1) is 13.3. The number of carbonyl (C=O) groups is 1. The van der Waals surface area contributed by atoms with Crippen molar-refractivity contribution in [2.45, 2.75) is 32.4 Å². The van der Waals surface area contributed by atoms with E-state index >= 15 is 0 Å². The van der Waals surface area contributed by atoms with Gasteiger partial charge < -0.3 is 9.64 Å². The number of pyridine rings is 1. The number of piperidine rings is 1. The molecule has 1 unspecified atom stereocenters. The van der Waals surface area contributed by atoms with Crippen LogP contribution >= 0.6 is 0 Å². The van der Waals surface area contributed by atoms with Crippen molar-refractivity contribution in [2.75, 3.05) is 24.6 Å². The molecule has 4 nitrogen and oxygen atoms in total. The number of ketones is 1. The molecule has 1 aromatic carbocycles. The van der Waals surface area contributed by atoms with Crippen LogP contribution in [-0.2, 0) is 11.0 Å². The van der Waals surface area contributed by atoms with E-state index in [9.17, 15) is 18.0 Å². The van der Waals surface area contributed by atoms with E-state index in [-0.39, 0.29) is 18.3 Å². The number of alkyl halides is 3. The standard InChI is InChI=1S/C21H23F3N2O2/c1-15-5-2-3-7-19(15)28-14-18(27)11-16-6-4-10-26(13-16)20-9-8-17(12-25-20)21(22,23)24/h2-3,5,7-9,12,16H,4,6,10-11,13-14H2,1H3. The summed E-state index contributed by atoms with van der Waals surface area (Å²) >= 11 is 0. The molecule has 0 spiro atoms. The third kappa shape index (κ3) is 5.24. The predicted molar refractivity (Wildman–Crippen MR) is 100 cm³/mol. The van der Waals surface area contributed by atoms with Crippen molar-refractivity contribution in [1.82, 2.24) is 4.98 Å². The molecule has 150 valence electrons. The van der Waals surface area contributed by atoms with Gasteiger partial charge in [0.2, 0.25) is 0 Å². The normalized spacial score (nSPS) is 17.4. The summed E-state index contributed by atoms with van der Waals surface area (Å²) in [6.45, 7) is 3.28. The van der Waals surface area contributed by atoms with Crippen molar-refractivity contribution in [3.8, 4) is 5.75 Å². The third-order valence-electron chi connectivity index (χ3n) is 4.92. The largest absolute Gasteiger partial charge is 0.486 e. The van der Waals surface area contributed by atoms with Gasteiger partial charge in [-0.3, -0.25) is 4.79 Å². The first-order valence-corrected chi connectivity index (χ1v) is 9.31. The average Bonchev–Trinajstić information content (AvgIpc) is 2.67. The highest BCUT2D eigenvalue weighted by Gasteiger charge is 2.31. The Kier molecular flexibility index (Phi) is 6.21. The van der Waals surface area contributed by atoms with Crippen LogP contribution in [0.1, 0.15) is 30.4 Å². The topological polar surface area (TPSA) is 42.4 Å². The second-order valence-corrected chi connectivity index (χ2v) is 7.15. The fourth-order valence-electron chi connectivity index (χ4n) is 3.44. The van der Waals surface area contributed by atoms with Gasteiger partial charge in [0, 0.05) is 25.7 Å². The van der Waals surface area contributed by atoms with Crippen LogP contribution in [0.25, 0.3) is 0 Å². The smallest absolute Gasteiger partial charge is 0.417 e. The van der Waals surface area contributed by atoms with Crippen LogP contribution in [0.2, 0.25) is 0 Å². The summed E-state index contributed by atoms with van der Waals surface area (Å²) in [7, 11) is 0. The summed E-state index contributed by atoms with van der Waals surface area (Å²) in [6, 6.07) is 9.98. The molecule has 0 bridgehead atoms. The van der Waals surface area contributed by atoms with Crippen LogP contribution < -0.4 is 9.64 Å². The van der Waals surface area contributed by atoms with E-state index in [1.54, 1.807) is 0 Å². The van der Waals surface area contributed by atoms with Gasteiger partial charge in [-0.25, -0.2) is 4.98 Å². The van der Waals surface area contributed by atoms with E-state index in [1.807, 2.05) is 36.1 Å². The number of nitrogens with zero attached hydrogens (tertiary/aromatic N) is 2. The summed E-state index contributed by atoms with van der Waals surface area (Å²) in [6.07, 6.45) is -1.35. The van der Waals surface area contributed by atoms with Crippen molar-refractivity contribution >= 4 is 11.6 Å². The molecule has 1 atom stereocenters. The molecule has 2 aromatic rings. The van der Waals surface area contributed by atoms with E-state index in [2.05, 4.69) is 4.98 Å². The molecule has 1 aliphatic rings. The highest BCUT2D eigenvalue weighted by Crippen LogP contribution is 2.30. The van der Waals surface area contributed by atoms with Crippen molar-refractivity contribution in [1.29, 1.82) is 0 Å². The first kappa shape index (κ1) is 20.2. The van der Waals surface area contributed by atoms with Crippen molar-refractivity contribution in [3.05, 3.63) is 53.7 Å². The van der Waals surface area contributed by atoms with Crippen LogP contribution in [-0.4, -0.2) is 30.5 Å². The Balaban J connectivity index is 1.53. The highest BCUT2D eigenvalue weighted by molar-refractivity contribution is 5.80. The first-order valence-electron chi connectivity index (χ1n) is 9.31. The monoisotopic (exact) mass is 392 g/mol. The Hall–Kier alpha value is -2.57. The zero-order chi connectivity index (χ0) is 20.1. The highest BCUT2D eigenvalue weighted by atomic mass is 19.4. The van der Waals surface area contributed by atoms with Gasteiger partial charge in [0.1, 0.15) is 18.2 Å². The molecule has 2 heterocycles. The SMILES string of the molecule is Cc1ccccc1OCC(=O)CC1CCCN(c2ccc(C(F)(F)F)cn2)C1. The van der Waals surface area contributed by atoms with E-state index in [0.717, 1.165) is 37.2 Å². The zero-order valence-electron chi connectivity index (χ0n) is 15.7. The molecule has 3 rings (SSSR count). The molecule has 0 radical (unpaired) electrons. The minimum Gasteiger partial charge on any atom is -0.486 e. The van der Waals surface area contributed by atoms with Gasteiger partial charge >= 0.3 is 6.18 Å². The number of carbonyl (C=O) groups excluding carboxylic acids is 1. The maximum atomic E-state index is 12.7. The summed E-state index contributed by atoms with van der Waals surface area (Å²) in [5.74, 6) is 1.39. The van der Waals surface area contributed by atoms with E-state index in [0.29, 0.717) is 24.5 Å². The van der Waals surface area contributed by atoms with E-state index in [1.165, 1.54) is 6.07 Å². The zero-order valence-corrected chi connectivity index (χ0v) is 15.7. The average molecular weight is 392 g/mol. The minimum absolute atomic E-state index is 0.0236. The molecular formula is C21H23F3N2O2. The molecule has 0 aliphatic carbocycles. The molecular weight excluding hydrogens is 369 g/mol. The number of hydrogen-bond acceptors (Lipinski definition) is 4. The Bertz CT molecular complexity index is 806. The molecule has 1 fully saturated rings. The molecule has 0 N–H and O–H groups in total. The van der Waals surface area contributed by atoms with E-state index < -0.39 is 11.7 Å². The second-order valence-electron chi connectivity index (χ2n) is 7.15. The molecule has 0 amide bonds. The molecule has 7 heteroatoms. The molecule has 1 saturated heterocycles. The number of halogens is 3. The van der Waals surface area contributed by atoms with Crippen LogP contribution in [0.3, 0.4) is 0 Å². The fraction of sp³-hybridized carbons (Fsp3) is 0.429. The van der Waals surface area contributed by atoms with Gasteiger partial charge in [0.05, 0.1) is 5.56 Å². The van der Waals surface area contributed by atoms with Gasteiger partial charge in [-0.2, -0.15) is 13.2 Å². The Morgan fingerprint density at radius 1 is 1.25 bits per heavy atom. The lowest BCUT2D eigenvalue weighted by atomic mass is 9.93. The minimum atomic E-state index is -4.39. The fourth-order valence-corrected chi connectivity index (χ4v) is 3.44. The molecule has 1 aliphatic heterocycles. The van der Waals surface area contributed by atoms with Crippen LogP contribution in [0.15, 0.2) is 42.6 Å².